The van der Waals surface area contributed by atoms with E-state index in [-0.39, 0.29) is 12.1 Å². The van der Waals surface area contributed by atoms with Crippen molar-refractivity contribution in [2.45, 2.75) is 13.0 Å². The van der Waals surface area contributed by atoms with Gasteiger partial charge < -0.3 is 15.1 Å². The number of aryl methyl sites for hydroxylation is 1. The molecule has 2 saturated heterocycles. The summed E-state index contributed by atoms with van der Waals surface area (Å²) in [4.78, 5) is 26.6. The van der Waals surface area contributed by atoms with Crippen molar-refractivity contribution in [1.29, 1.82) is 0 Å². The first-order valence-electron chi connectivity index (χ1n) is 6.54. The van der Waals surface area contributed by atoms with Gasteiger partial charge in [-0.25, -0.2) is 4.79 Å². The van der Waals surface area contributed by atoms with E-state index in [0.717, 1.165) is 49.3 Å². The van der Waals surface area contributed by atoms with Crippen LogP contribution in [-0.4, -0.2) is 49.4 Å². The number of urea groups is 1. The van der Waals surface area contributed by atoms with Gasteiger partial charge in [-0.3, -0.25) is 4.79 Å². The number of carbonyl (C=O) groups excluding carboxylic acids is 2. The van der Waals surface area contributed by atoms with Gasteiger partial charge in [0.25, 0.3) is 0 Å². The van der Waals surface area contributed by atoms with E-state index in [1.807, 2.05) is 30.0 Å². The van der Waals surface area contributed by atoms with E-state index in [2.05, 4.69) is 10.2 Å². The van der Waals surface area contributed by atoms with Gasteiger partial charge in [0.2, 0.25) is 0 Å². The number of anilines is 1. The molecule has 100 valence electrons. The van der Waals surface area contributed by atoms with Crippen molar-refractivity contribution in [3.8, 4) is 0 Å². The van der Waals surface area contributed by atoms with Gasteiger partial charge in [0.1, 0.15) is 6.29 Å². The zero-order chi connectivity index (χ0) is 13.4. The first kappa shape index (κ1) is 12.0. The van der Waals surface area contributed by atoms with Crippen LogP contribution in [0.5, 0.6) is 0 Å². The van der Waals surface area contributed by atoms with Crippen molar-refractivity contribution in [1.82, 2.24) is 10.2 Å². The average Bonchev–Trinajstić information content (AvgIpc) is 2.80. The predicted octanol–water partition coefficient (Wildman–Crippen LogP) is 1.02. The van der Waals surface area contributed by atoms with Gasteiger partial charge in [-0.1, -0.05) is 0 Å². The summed E-state index contributed by atoms with van der Waals surface area (Å²) in [5.74, 6) is 0. The summed E-state index contributed by atoms with van der Waals surface area (Å²) in [7, 11) is 0. The van der Waals surface area contributed by atoms with E-state index in [1.165, 1.54) is 0 Å². The topological polar surface area (TPSA) is 52.6 Å². The summed E-state index contributed by atoms with van der Waals surface area (Å²) in [5, 5.41) is 2.88. The number of piperazine rings is 1. The highest BCUT2D eigenvalue weighted by Crippen LogP contribution is 2.23. The van der Waals surface area contributed by atoms with Gasteiger partial charge in [-0.15, -0.1) is 0 Å². The van der Waals surface area contributed by atoms with Crippen molar-refractivity contribution < 1.29 is 9.59 Å². The minimum absolute atomic E-state index is 0.0529. The summed E-state index contributed by atoms with van der Waals surface area (Å²) in [6, 6.07) is 6.20. The smallest absolute Gasteiger partial charge is 0.317 e. The van der Waals surface area contributed by atoms with E-state index in [4.69, 9.17) is 0 Å². The zero-order valence-corrected chi connectivity index (χ0v) is 10.9. The molecule has 0 radical (unpaired) electrons. The molecule has 5 nitrogen and oxygen atoms in total. The van der Waals surface area contributed by atoms with Gasteiger partial charge >= 0.3 is 6.03 Å². The Hall–Kier alpha value is -2.04. The molecule has 1 aromatic rings. The van der Waals surface area contributed by atoms with Gasteiger partial charge in [-0.05, 0) is 30.7 Å². The molecular weight excluding hydrogens is 242 g/mol. The second-order valence-corrected chi connectivity index (χ2v) is 5.14. The first-order chi connectivity index (χ1) is 9.19. The Morgan fingerprint density at radius 3 is 2.95 bits per heavy atom. The predicted molar refractivity (Wildman–Crippen MR) is 72.7 cm³/mol. The third-order valence-electron chi connectivity index (χ3n) is 3.98. The highest BCUT2D eigenvalue weighted by molar-refractivity contribution is 5.79. The Balaban J connectivity index is 1.78. The quantitative estimate of drug-likeness (QED) is 0.807. The molecule has 0 saturated carbocycles. The van der Waals surface area contributed by atoms with E-state index in [0.29, 0.717) is 0 Å². The summed E-state index contributed by atoms with van der Waals surface area (Å²) in [6.07, 6.45) is 0.886. The number of carbonyl (C=O) groups is 2. The molecule has 2 fully saturated rings. The minimum Gasteiger partial charge on any atom is -0.368 e. The van der Waals surface area contributed by atoms with Crippen LogP contribution in [-0.2, 0) is 0 Å². The highest BCUT2D eigenvalue weighted by atomic mass is 16.2. The van der Waals surface area contributed by atoms with Crippen molar-refractivity contribution >= 4 is 18.0 Å². The molecule has 0 aliphatic carbocycles. The van der Waals surface area contributed by atoms with Gasteiger partial charge in [-0.2, -0.15) is 0 Å². The molecule has 0 spiro atoms. The molecule has 0 aromatic heterocycles. The van der Waals surface area contributed by atoms with Gasteiger partial charge in [0.15, 0.2) is 0 Å². The number of amides is 2. The molecule has 1 unspecified atom stereocenters. The van der Waals surface area contributed by atoms with Crippen LogP contribution in [0.4, 0.5) is 10.5 Å². The lowest BCUT2D eigenvalue weighted by molar-refractivity contribution is 0.112. The lowest BCUT2D eigenvalue weighted by Crippen LogP contribution is -2.52. The minimum atomic E-state index is 0.0529. The maximum Gasteiger partial charge on any atom is 0.317 e. The molecule has 1 atom stereocenters. The average molecular weight is 259 g/mol. The Bertz CT molecular complexity index is 529. The largest absolute Gasteiger partial charge is 0.368 e. The van der Waals surface area contributed by atoms with Gasteiger partial charge in [0.05, 0.1) is 6.04 Å². The Morgan fingerprint density at radius 2 is 2.21 bits per heavy atom. The van der Waals surface area contributed by atoms with Crippen LogP contribution in [0, 0.1) is 6.92 Å². The SMILES string of the molecule is Cc1cc(N2CCN3C(=O)NCC3C2)ccc1C=O. The Kier molecular flexibility index (Phi) is 2.89. The van der Waals surface area contributed by atoms with Gasteiger partial charge in [0, 0.05) is 37.4 Å². The fraction of sp³-hybridized carbons (Fsp3) is 0.429. The van der Waals surface area contributed by atoms with Crippen LogP contribution in [0.2, 0.25) is 0 Å². The molecule has 5 heteroatoms. The Labute approximate surface area is 112 Å². The summed E-state index contributed by atoms with van der Waals surface area (Å²) in [5.41, 5.74) is 2.86. The third kappa shape index (κ3) is 2.05. The number of hydrogen-bond acceptors (Lipinski definition) is 3. The van der Waals surface area contributed by atoms with E-state index in [9.17, 15) is 9.59 Å². The number of rotatable bonds is 2. The second kappa shape index (κ2) is 4.57. The number of aldehydes is 1. The molecule has 1 aromatic carbocycles. The lowest BCUT2D eigenvalue weighted by atomic mass is 10.1. The standard InChI is InChI=1S/C14H17N3O2/c1-10-6-12(3-2-11(10)9-18)16-4-5-17-13(8-16)7-15-14(17)19/h2-3,6,9,13H,4-5,7-8H2,1H3,(H,15,19). The first-order valence-corrected chi connectivity index (χ1v) is 6.54. The van der Waals surface area contributed by atoms with Crippen LogP contribution < -0.4 is 10.2 Å². The summed E-state index contributed by atoms with van der Waals surface area (Å²) < 4.78 is 0. The fourth-order valence-corrected chi connectivity index (χ4v) is 2.83. The van der Waals surface area contributed by atoms with Crippen LogP contribution in [0.3, 0.4) is 0 Å². The van der Waals surface area contributed by atoms with Crippen LogP contribution in [0.1, 0.15) is 15.9 Å². The monoisotopic (exact) mass is 259 g/mol. The number of benzene rings is 1. The van der Waals surface area contributed by atoms with E-state index >= 15 is 0 Å². The van der Waals surface area contributed by atoms with Crippen molar-refractivity contribution in [3.05, 3.63) is 29.3 Å². The molecule has 2 aliphatic rings. The second-order valence-electron chi connectivity index (χ2n) is 5.14. The highest BCUT2D eigenvalue weighted by Gasteiger charge is 2.35. The number of hydrogen-bond donors (Lipinski definition) is 1. The Morgan fingerprint density at radius 1 is 1.37 bits per heavy atom. The molecule has 3 rings (SSSR count). The van der Waals surface area contributed by atoms with Crippen molar-refractivity contribution in [2.24, 2.45) is 0 Å². The maximum atomic E-state index is 11.5. The van der Waals surface area contributed by atoms with Crippen molar-refractivity contribution in [2.75, 3.05) is 31.1 Å². The molecule has 0 bridgehead atoms. The molecule has 2 aliphatic heterocycles. The number of fused-ring (bicyclic) bond motifs is 1. The summed E-state index contributed by atoms with van der Waals surface area (Å²) in [6.45, 7) is 5.11. The fourth-order valence-electron chi connectivity index (χ4n) is 2.83. The van der Waals surface area contributed by atoms with E-state index < -0.39 is 0 Å². The van der Waals surface area contributed by atoms with Crippen LogP contribution >= 0.6 is 0 Å². The molecular formula is C14H17N3O2. The van der Waals surface area contributed by atoms with Crippen LogP contribution in [0.15, 0.2) is 18.2 Å². The number of nitrogens with one attached hydrogen (secondary N) is 1. The van der Waals surface area contributed by atoms with E-state index in [1.54, 1.807) is 0 Å². The molecule has 19 heavy (non-hydrogen) atoms. The number of nitrogens with zero attached hydrogens (tertiary/aromatic N) is 2. The normalized spacial score (nSPS) is 22.2. The molecule has 2 amide bonds. The lowest BCUT2D eigenvalue weighted by Gasteiger charge is -2.38. The summed E-state index contributed by atoms with van der Waals surface area (Å²) >= 11 is 0. The third-order valence-corrected chi connectivity index (χ3v) is 3.98. The van der Waals surface area contributed by atoms with Crippen LogP contribution in [0.25, 0.3) is 0 Å². The maximum absolute atomic E-state index is 11.5. The molecule has 1 N–H and O–H groups in total. The molecule has 2 heterocycles. The zero-order valence-electron chi connectivity index (χ0n) is 10.9. The van der Waals surface area contributed by atoms with Crippen molar-refractivity contribution in [3.63, 3.8) is 0 Å².